The minimum absolute atomic E-state index is 0.194. The van der Waals surface area contributed by atoms with E-state index in [9.17, 15) is 9.18 Å². The predicted molar refractivity (Wildman–Crippen MR) is 130 cm³/mol. The third kappa shape index (κ3) is 4.73. The van der Waals surface area contributed by atoms with E-state index in [0.29, 0.717) is 23.0 Å². The van der Waals surface area contributed by atoms with Gasteiger partial charge in [-0.25, -0.2) is 4.39 Å². The van der Waals surface area contributed by atoms with E-state index in [2.05, 4.69) is 44.9 Å². The first kappa shape index (κ1) is 21.2. The summed E-state index contributed by atoms with van der Waals surface area (Å²) in [6, 6.07) is 19.8. The molecule has 1 aliphatic heterocycles. The van der Waals surface area contributed by atoms with Gasteiger partial charge < -0.3 is 15.5 Å². The number of anilines is 3. The standard InChI is InChI=1S/C26H26FN5O/c1-32-13-11-18(12-14-32)17-5-7-19(8-6-17)26(33)29-25-23-10-9-22(16-24(23)30-31-25)28-21-4-2-3-20(27)15-21/h2-10,15-16,18,28H,11-14H2,1H3,(H2,29,30,31,33). The van der Waals surface area contributed by atoms with E-state index in [0.717, 1.165) is 42.5 Å². The molecule has 168 valence electrons. The number of fused-ring (bicyclic) bond motifs is 1. The molecule has 0 saturated carbocycles. The number of halogens is 1. The Balaban J connectivity index is 1.27. The molecule has 0 aliphatic carbocycles. The van der Waals surface area contributed by atoms with E-state index >= 15 is 0 Å². The third-order valence-electron chi connectivity index (χ3n) is 6.27. The van der Waals surface area contributed by atoms with Crippen molar-refractivity contribution in [1.29, 1.82) is 0 Å². The fraction of sp³-hybridized carbons (Fsp3) is 0.231. The van der Waals surface area contributed by atoms with Crippen LogP contribution in [0.25, 0.3) is 10.9 Å². The van der Waals surface area contributed by atoms with Crippen LogP contribution in [0.5, 0.6) is 0 Å². The number of carbonyl (C=O) groups is 1. The lowest BCUT2D eigenvalue weighted by Gasteiger charge is -2.29. The molecule has 4 aromatic rings. The van der Waals surface area contributed by atoms with Crippen molar-refractivity contribution in [2.24, 2.45) is 0 Å². The van der Waals surface area contributed by atoms with Crippen LogP contribution in [0.15, 0.2) is 66.7 Å². The van der Waals surface area contributed by atoms with Crippen LogP contribution in [-0.2, 0) is 0 Å². The summed E-state index contributed by atoms with van der Waals surface area (Å²) in [5.41, 5.74) is 4.12. The smallest absolute Gasteiger partial charge is 0.256 e. The lowest BCUT2D eigenvalue weighted by atomic mass is 9.89. The van der Waals surface area contributed by atoms with Crippen molar-refractivity contribution in [2.75, 3.05) is 30.8 Å². The number of carbonyl (C=O) groups excluding carboxylic acids is 1. The van der Waals surface area contributed by atoms with Crippen LogP contribution in [0.2, 0.25) is 0 Å². The highest BCUT2D eigenvalue weighted by molar-refractivity contribution is 6.08. The molecule has 3 aromatic carbocycles. The van der Waals surface area contributed by atoms with Crippen molar-refractivity contribution >= 4 is 34.0 Å². The van der Waals surface area contributed by atoms with Crippen LogP contribution < -0.4 is 10.6 Å². The van der Waals surface area contributed by atoms with Gasteiger partial charge in [-0.2, -0.15) is 5.10 Å². The predicted octanol–water partition coefficient (Wildman–Crippen LogP) is 5.51. The Labute approximate surface area is 191 Å². The number of aromatic nitrogens is 2. The topological polar surface area (TPSA) is 73.0 Å². The molecular formula is C26H26FN5O. The van der Waals surface area contributed by atoms with Gasteiger partial charge in [-0.15, -0.1) is 0 Å². The summed E-state index contributed by atoms with van der Waals surface area (Å²) in [7, 11) is 2.16. The number of amides is 1. The number of hydrogen-bond donors (Lipinski definition) is 3. The molecule has 0 spiro atoms. The van der Waals surface area contributed by atoms with E-state index in [1.54, 1.807) is 12.1 Å². The van der Waals surface area contributed by atoms with Crippen molar-refractivity contribution < 1.29 is 9.18 Å². The van der Waals surface area contributed by atoms with Crippen LogP contribution in [-0.4, -0.2) is 41.1 Å². The lowest BCUT2D eigenvalue weighted by Crippen LogP contribution is -2.29. The zero-order valence-electron chi connectivity index (χ0n) is 18.4. The largest absolute Gasteiger partial charge is 0.355 e. The van der Waals surface area contributed by atoms with E-state index in [4.69, 9.17) is 0 Å². The van der Waals surface area contributed by atoms with Crippen molar-refractivity contribution in [2.45, 2.75) is 18.8 Å². The molecule has 7 heteroatoms. The van der Waals surface area contributed by atoms with Gasteiger partial charge in [0.15, 0.2) is 5.82 Å². The fourth-order valence-corrected chi connectivity index (χ4v) is 4.35. The molecule has 0 bridgehead atoms. The maximum atomic E-state index is 13.4. The normalized spacial score (nSPS) is 15.0. The summed E-state index contributed by atoms with van der Waals surface area (Å²) < 4.78 is 13.4. The number of nitrogens with one attached hydrogen (secondary N) is 3. The summed E-state index contributed by atoms with van der Waals surface area (Å²) in [6.07, 6.45) is 2.30. The van der Waals surface area contributed by atoms with Crippen LogP contribution in [0.1, 0.15) is 34.7 Å². The first-order valence-corrected chi connectivity index (χ1v) is 11.2. The molecule has 0 unspecified atom stereocenters. The number of piperidine rings is 1. The van der Waals surface area contributed by atoms with Crippen LogP contribution in [0.3, 0.4) is 0 Å². The van der Waals surface area contributed by atoms with Crippen LogP contribution in [0, 0.1) is 5.82 Å². The minimum Gasteiger partial charge on any atom is -0.355 e. The molecule has 1 saturated heterocycles. The number of H-pyrrole nitrogens is 1. The lowest BCUT2D eigenvalue weighted by molar-refractivity contribution is 0.102. The van der Waals surface area contributed by atoms with Crippen LogP contribution >= 0.6 is 0 Å². The second kappa shape index (κ2) is 9.03. The molecule has 1 fully saturated rings. The minimum atomic E-state index is -0.299. The highest BCUT2D eigenvalue weighted by Gasteiger charge is 2.19. The van der Waals surface area contributed by atoms with Crippen molar-refractivity contribution in [1.82, 2.24) is 15.1 Å². The maximum Gasteiger partial charge on any atom is 0.256 e. The zero-order chi connectivity index (χ0) is 22.8. The molecule has 0 atom stereocenters. The van der Waals surface area contributed by atoms with Gasteiger partial charge in [0.2, 0.25) is 0 Å². The summed E-state index contributed by atoms with van der Waals surface area (Å²) in [4.78, 5) is 15.2. The van der Waals surface area contributed by atoms with E-state index in [1.165, 1.54) is 17.7 Å². The van der Waals surface area contributed by atoms with Gasteiger partial charge in [-0.1, -0.05) is 18.2 Å². The van der Waals surface area contributed by atoms with Gasteiger partial charge in [0.1, 0.15) is 5.82 Å². The van der Waals surface area contributed by atoms with Gasteiger partial charge >= 0.3 is 0 Å². The molecular weight excluding hydrogens is 417 g/mol. The average Bonchev–Trinajstić information content (AvgIpc) is 3.21. The Bertz CT molecular complexity index is 1280. The fourth-order valence-electron chi connectivity index (χ4n) is 4.35. The number of hydrogen-bond acceptors (Lipinski definition) is 4. The summed E-state index contributed by atoms with van der Waals surface area (Å²) in [6.45, 7) is 2.22. The third-order valence-corrected chi connectivity index (χ3v) is 6.27. The Morgan fingerprint density at radius 1 is 1.03 bits per heavy atom. The molecule has 1 aliphatic rings. The highest BCUT2D eigenvalue weighted by Crippen LogP contribution is 2.29. The van der Waals surface area contributed by atoms with Gasteiger partial charge in [0.25, 0.3) is 5.91 Å². The number of benzene rings is 3. The second-order valence-corrected chi connectivity index (χ2v) is 8.62. The zero-order valence-corrected chi connectivity index (χ0v) is 18.4. The van der Waals surface area contributed by atoms with Gasteiger partial charge in [-0.05, 0) is 93.0 Å². The second-order valence-electron chi connectivity index (χ2n) is 8.62. The Hall–Kier alpha value is -3.71. The first-order valence-electron chi connectivity index (χ1n) is 11.2. The van der Waals surface area contributed by atoms with Crippen molar-refractivity contribution in [3.8, 4) is 0 Å². The SMILES string of the molecule is CN1CCC(c2ccc(C(=O)Nc3n[nH]c4cc(Nc5cccc(F)c5)ccc34)cc2)CC1. The first-order chi connectivity index (χ1) is 16.0. The quantitative estimate of drug-likeness (QED) is 0.380. The van der Waals surface area contributed by atoms with Gasteiger partial charge in [-0.3, -0.25) is 9.89 Å². The molecule has 6 nitrogen and oxygen atoms in total. The number of rotatable bonds is 5. The molecule has 0 radical (unpaired) electrons. The summed E-state index contributed by atoms with van der Waals surface area (Å²) >= 11 is 0. The number of nitrogens with zero attached hydrogens (tertiary/aromatic N) is 2. The van der Waals surface area contributed by atoms with E-state index in [-0.39, 0.29) is 11.7 Å². The summed E-state index contributed by atoms with van der Waals surface area (Å²) in [5, 5.41) is 14.1. The van der Waals surface area contributed by atoms with Gasteiger partial charge in [0, 0.05) is 22.3 Å². The van der Waals surface area contributed by atoms with Crippen LogP contribution in [0.4, 0.5) is 21.6 Å². The molecule has 1 aromatic heterocycles. The monoisotopic (exact) mass is 443 g/mol. The van der Waals surface area contributed by atoms with Crippen molar-refractivity contribution in [3.05, 3.63) is 83.7 Å². The molecule has 33 heavy (non-hydrogen) atoms. The Morgan fingerprint density at radius 2 is 1.79 bits per heavy atom. The molecule has 3 N–H and O–H groups in total. The van der Waals surface area contributed by atoms with E-state index in [1.807, 2.05) is 30.3 Å². The molecule has 1 amide bonds. The number of likely N-dealkylation sites (tertiary alicyclic amines) is 1. The molecule has 5 rings (SSSR count). The van der Waals surface area contributed by atoms with Crippen molar-refractivity contribution in [3.63, 3.8) is 0 Å². The summed E-state index contributed by atoms with van der Waals surface area (Å²) in [5.74, 6) is 0.544. The molecule has 2 heterocycles. The Morgan fingerprint density at radius 3 is 2.55 bits per heavy atom. The number of aromatic amines is 1. The van der Waals surface area contributed by atoms with E-state index < -0.39 is 0 Å². The van der Waals surface area contributed by atoms with Gasteiger partial charge in [0.05, 0.1) is 5.52 Å². The Kier molecular flexibility index (Phi) is 5.79. The average molecular weight is 444 g/mol. The maximum absolute atomic E-state index is 13.4. The highest BCUT2D eigenvalue weighted by atomic mass is 19.1.